The number of nitrogens with zero attached hydrogens (tertiary/aromatic N) is 1. The molecule has 0 saturated carbocycles. The second-order valence-corrected chi connectivity index (χ2v) is 3.86. The van der Waals surface area contributed by atoms with Crippen molar-refractivity contribution < 1.29 is 19.0 Å². The summed E-state index contributed by atoms with van der Waals surface area (Å²) in [6.07, 6.45) is 1.51. The van der Waals surface area contributed by atoms with Crippen molar-refractivity contribution >= 4 is 11.7 Å². The summed E-state index contributed by atoms with van der Waals surface area (Å²) in [7, 11) is 2.80. The number of aromatic nitrogens is 1. The maximum absolute atomic E-state index is 11.6. The Hall–Kier alpha value is -2.76. The van der Waals surface area contributed by atoms with E-state index in [1.54, 1.807) is 30.3 Å². The number of nitrogens with two attached hydrogens (primary N) is 1. The SMILES string of the molecule is COC(=O)c1cccnc1Oc1cc(N)ccc1OC. The highest BCUT2D eigenvalue weighted by atomic mass is 16.5. The molecule has 104 valence electrons. The molecule has 0 radical (unpaired) electrons. The molecule has 1 heterocycles. The summed E-state index contributed by atoms with van der Waals surface area (Å²) in [6.45, 7) is 0. The van der Waals surface area contributed by atoms with E-state index in [1.807, 2.05) is 0 Å². The zero-order chi connectivity index (χ0) is 14.5. The third kappa shape index (κ3) is 2.80. The highest BCUT2D eigenvalue weighted by molar-refractivity contribution is 5.91. The van der Waals surface area contributed by atoms with Crippen LogP contribution in [-0.4, -0.2) is 25.2 Å². The van der Waals surface area contributed by atoms with Crippen LogP contribution in [0.4, 0.5) is 5.69 Å². The fraction of sp³-hybridized carbons (Fsp3) is 0.143. The Kier molecular flexibility index (Phi) is 4.05. The highest BCUT2D eigenvalue weighted by Crippen LogP contribution is 2.33. The van der Waals surface area contributed by atoms with Crippen LogP contribution in [-0.2, 0) is 4.74 Å². The molecule has 6 heteroatoms. The third-order valence-electron chi connectivity index (χ3n) is 2.57. The largest absolute Gasteiger partial charge is 0.493 e. The fourth-order valence-corrected chi connectivity index (χ4v) is 1.61. The lowest BCUT2D eigenvalue weighted by Crippen LogP contribution is -2.05. The van der Waals surface area contributed by atoms with Crippen molar-refractivity contribution in [2.24, 2.45) is 0 Å². The lowest BCUT2D eigenvalue weighted by molar-refractivity contribution is 0.0597. The van der Waals surface area contributed by atoms with Crippen LogP contribution in [0.2, 0.25) is 0 Å². The molecule has 0 atom stereocenters. The number of ether oxygens (including phenoxy) is 3. The van der Waals surface area contributed by atoms with Crippen LogP contribution >= 0.6 is 0 Å². The van der Waals surface area contributed by atoms with Crippen molar-refractivity contribution in [2.45, 2.75) is 0 Å². The van der Waals surface area contributed by atoms with Crippen LogP contribution in [0.3, 0.4) is 0 Å². The van der Waals surface area contributed by atoms with Crippen molar-refractivity contribution in [1.82, 2.24) is 4.98 Å². The van der Waals surface area contributed by atoms with Gasteiger partial charge in [0, 0.05) is 18.0 Å². The molecule has 1 aromatic heterocycles. The first-order chi connectivity index (χ1) is 9.65. The van der Waals surface area contributed by atoms with Gasteiger partial charge in [-0.1, -0.05) is 0 Å². The summed E-state index contributed by atoms with van der Waals surface area (Å²) in [4.78, 5) is 15.7. The van der Waals surface area contributed by atoms with Gasteiger partial charge in [-0.25, -0.2) is 9.78 Å². The Labute approximate surface area is 116 Å². The average molecular weight is 274 g/mol. The van der Waals surface area contributed by atoms with Crippen molar-refractivity contribution in [3.63, 3.8) is 0 Å². The van der Waals surface area contributed by atoms with Crippen LogP contribution in [0.15, 0.2) is 36.5 Å². The van der Waals surface area contributed by atoms with E-state index < -0.39 is 5.97 Å². The van der Waals surface area contributed by atoms with Gasteiger partial charge in [0.2, 0.25) is 5.88 Å². The summed E-state index contributed by atoms with van der Waals surface area (Å²) in [5, 5.41) is 0. The van der Waals surface area contributed by atoms with Crippen LogP contribution in [0.25, 0.3) is 0 Å². The van der Waals surface area contributed by atoms with Crippen molar-refractivity contribution in [1.29, 1.82) is 0 Å². The number of carbonyl (C=O) groups is 1. The summed E-state index contributed by atoms with van der Waals surface area (Å²) >= 11 is 0. The highest BCUT2D eigenvalue weighted by Gasteiger charge is 2.16. The number of hydrogen-bond acceptors (Lipinski definition) is 6. The number of pyridine rings is 1. The summed E-state index contributed by atoms with van der Waals surface area (Å²) in [5.74, 6) is 0.455. The number of hydrogen-bond donors (Lipinski definition) is 1. The molecule has 0 spiro atoms. The Morgan fingerprint density at radius 3 is 2.70 bits per heavy atom. The first-order valence-corrected chi connectivity index (χ1v) is 5.80. The Morgan fingerprint density at radius 2 is 2.00 bits per heavy atom. The quantitative estimate of drug-likeness (QED) is 0.680. The monoisotopic (exact) mass is 274 g/mol. The van der Waals surface area contributed by atoms with Gasteiger partial charge in [0.15, 0.2) is 11.5 Å². The lowest BCUT2D eigenvalue weighted by Gasteiger charge is -2.12. The second kappa shape index (κ2) is 5.92. The number of nitrogen functional groups attached to an aromatic ring is 1. The molecule has 0 aliphatic carbocycles. The minimum atomic E-state index is -0.532. The van der Waals surface area contributed by atoms with E-state index in [4.69, 9.17) is 15.2 Å². The first-order valence-electron chi connectivity index (χ1n) is 5.80. The van der Waals surface area contributed by atoms with E-state index in [9.17, 15) is 4.79 Å². The molecular formula is C14H14N2O4. The van der Waals surface area contributed by atoms with Crippen molar-refractivity contribution in [3.05, 3.63) is 42.1 Å². The number of esters is 1. The lowest BCUT2D eigenvalue weighted by atomic mass is 10.2. The third-order valence-corrected chi connectivity index (χ3v) is 2.57. The molecule has 0 aliphatic heterocycles. The van der Waals surface area contributed by atoms with Crippen molar-refractivity contribution in [2.75, 3.05) is 20.0 Å². The van der Waals surface area contributed by atoms with E-state index in [2.05, 4.69) is 9.72 Å². The van der Waals surface area contributed by atoms with Gasteiger partial charge in [-0.3, -0.25) is 0 Å². The predicted octanol–water partition coefficient (Wildman–Crippen LogP) is 2.25. The van der Waals surface area contributed by atoms with Gasteiger partial charge < -0.3 is 19.9 Å². The van der Waals surface area contributed by atoms with E-state index in [0.717, 1.165) is 0 Å². The smallest absolute Gasteiger partial charge is 0.343 e. The van der Waals surface area contributed by atoms with Gasteiger partial charge in [0.05, 0.1) is 14.2 Å². The Balaban J connectivity index is 2.40. The van der Waals surface area contributed by atoms with E-state index in [-0.39, 0.29) is 11.4 Å². The number of benzene rings is 1. The molecule has 0 unspecified atom stereocenters. The molecular weight excluding hydrogens is 260 g/mol. The summed E-state index contributed by atoms with van der Waals surface area (Å²) in [6, 6.07) is 8.13. The minimum Gasteiger partial charge on any atom is -0.493 e. The van der Waals surface area contributed by atoms with Gasteiger partial charge in [-0.2, -0.15) is 0 Å². The molecule has 2 aromatic rings. The van der Waals surface area contributed by atoms with Crippen LogP contribution < -0.4 is 15.2 Å². The fourth-order valence-electron chi connectivity index (χ4n) is 1.61. The van der Waals surface area contributed by atoms with E-state index in [0.29, 0.717) is 17.2 Å². The first kappa shape index (κ1) is 13.7. The molecule has 6 nitrogen and oxygen atoms in total. The average Bonchev–Trinajstić information content (AvgIpc) is 2.47. The second-order valence-electron chi connectivity index (χ2n) is 3.86. The predicted molar refractivity (Wildman–Crippen MR) is 73.1 cm³/mol. The minimum absolute atomic E-state index is 0.128. The van der Waals surface area contributed by atoms with E-state index in [1.165, 1.54) is 20.4 Å². The zero-order valence-corrected chi connectivity index (χ0v) is 11.1. The van der Waals surface area contributed by atoms with Gasteiger partial charge >= 0.3 is 5.97 Å². The maximum atomic E-state index is 11.6. The van der Waals surface area contributed by atoms with Gasteiger partial charge in [0.25, 0.3) is 0 Å². The molecule has 2 N–H and O–H groups in total. The number of carbonyl (C=O) groups excluding carboxylic acids is 1. The molecule has 0 saturated heterocycles. The molecule has 0 amide bonds. The summed E-state index contributed by atoms with van der Waals surface area (Å²) < 4.78 is 15.5. The summed E-state index contributed by atoms with van der Waals surface area (Å²) in [5.41, 5.74) is 6.44. The molecule has 0 aliphatic rings. The molecule has 0 bridgehead atoms. The van der Waals surface area contributed by atoms with Gasteiger partial charge in [-0.05, 0) is 24.3 Å². The van der Waals surface area contributed by atoms with Crippen molar-refractivity contribution in [3.8, 4) is 17.4 Å². The van der Waals surface area contributed by atoms with Crippen LogP contribution in [0.5, 0.6) is 17.4 Å². The van der Waals surface area contributed by atoms with E-state index >= 15 is 0 Å². The number of methoxy groups -OCH3 is 2. The Bertz CT molecular complexity index is 628. The molecule has 2 rings (SSSR count). The zero-order valence-electron chi connectivity index (χ0n) is 11.1. The van der Waals surface area contributed by atoms with Gasteiger partial charge in [-0.15, -0.1) is 0 Å². The normalized spacial score (nSPS) is 9.90. The number of anilines is 1. The molecule has 1 aromatic carbocycles. The van der Waals surface area contributed by atoms with Crippen LogP contribution in [0, 0.1) is 0 Å². The Morgan fingerprint density at radius 1 is 1.20 bits per heavy atom. The molecule has 20 heavy (non-hydrogen) atoms. The number of rotatable bonds is 4. The topological polar surface area (TPSA) is 83.7 Å². The van der Waals surface area contributed by atoms with Gasteiger partial charge in [0.1, 0.15) is 5.56 Å². The van der Waals surface area contributed by atoms with Crippen LogP contribution in [0.1, 0.15) is 10.4 Å². The maximum Gasteiger partial charge on any atom is 0.343 e. The molecule has 0 fully saturated rings. The standard InChI is InChI=1S/C14H14N2O4/c1-18-11-6-5-9(15)8-12(11)20-13-10(14(17)19-2)4-3-7-16-13/h3-8H,15H2,1-2H3.